The second-order valence-electron chi connectivity index (χ2n) is 4.77. The third kappa shape index (κ3) is 4.01. The molecular formula is C13H22N2O3S. The number of nitrogens with two attached hydrogens (primary N) is 1. The third-order valence-corrected chi connectivity index (χ3v) is 4.87. The first-order chi connectivity index (χ1) is 8.78. The lowest BCUT2D eigenvalue weighted by atomic mass is 10.2. The molecule has 5 nitrogen and oxygen atoms in total. The first-order valence-electron chi connectivity index (χ1n) is 6.07. The SMILES string of the molecule is COCC(N)CN(C)S(=O)(=O)c1cc(C)ccc1C. The van der Waals surface area contributed by atoms with Gasteiger partial charge < -0.3 is 10.5 Å². The quantitative estimate of drug-likeness (QED) is 0.843. The molecule has 0 aliphatic heterocycles. The highest BCUT2D eigenvalue weighted by Gasteiger charge is 2.24. The summed E-state index contributed by atoms with van der Waals surface area (Å²) >= 11 is 0. The Hall–Kier alpha value is -0.950. The Balaban J connectivity index is 3.00. The largest absolute Gasteiger partial charge is 0.383 e. The molecule has 0 aliphatic rings. The van der Waals surface area contributed by atoms with E-state index in [2.05, 4.69) is 0 Å². The minimum atomic E-state index is -3.51. The van der Waals surface area contributed by atoms with Gasteiger partial charge in [0.1, 0.15) is 0 Å². The number of aryl methyl sites for hydroxylation is 2. The van der Waals surface area contributed by atoms with E-state index in [4.69, 9.17) is 10.5 Å². The van der Waals surface area contributed by atoms with Crippen molar-refractivity contribution >= 4 is 10.0 Å². The summed E-state index contributed by atoms with van der Waals surface area (Å²) in [7, 11) is -0.433. The summed E-state index contributed by atoms with van der Waals surface area (Å²) in [5, 5.41) is 0. The summed E-state index contributed by atoms with van der Waals surface area (Å²) in [5.41, 5.74) is 7.45. The van der Waals surface area contributed by atoms with Crippen molar-refractivity contribution in [2.45, 2.75) is 24.8 Å². The van der Waals surface area contributed by atoms with E-state index in [0.29, 0.717) is 11.5 Å². The van der Waals surface area contributed by atoms with E-state index in [-0.39, 0.29) is 12.6 Å². The number of likely N-dealkylation sites (N-methyl/N-ethyl adjacent to an activating group) is 1. The maximum Gasteiger partial charge on any atom is 0.243 e. The number of ether oxygens (including phenoxy) is 1. The minimum absolute atomic E-state index is 0.226. The maximum absolute atomic E-state index is 12.5. The molecule has 6 heteroatoms. The van der Waals surface area contributed by atoms with E-state index >= 15 is 0 Å². The molecule has 2 N–H and O–H groups in total. The number of sulfonamides is 1. The molecule has 1 unspecified atom stereocenters. The van der Waals surface area contributed by atoms with Crippen LogP contribution in [0, 0.1) is 13.8 Å². The Morgan fingerprint density at radius 3 is 2.58 bits per heavy atom. The van der Waals surface area contributed by atoms with E-state index in [0.717, 1.165) is 11.1 Å². The molecule has 1 atom stereocenters. The lowest BCUT2D eigenvalue weighted by Crippen LogP contribution is -2.41. The van der Waals surface area contributed by atoms with Gasteiger partial charge in [0.25, 0.3) is 0 Å². The van der Waals surface area contributed by atoms with Crippen molar-refractivity contribution < 1.29 is 13.2 Å². The van der Waals surface area contributed by atoms with Crippen LogP contribution in [0.1, 0.15) is 11.1 Å². The van der Waals surface area contributed by atoms with Crippen LogP contribution in [0.5, 0.6) is 0 Å². The van der Waals surface area contributed by atoms with E-state index in [1.807, 2.05) is 19.1 Å². The van der Waals surface area contributed by atoms with Gasteiger partial charge in [0, 0.05) is 26.7 Å². The standard InChI is InChI=1S/C13H22N2O3S/c1-10-5-6-11(2)13(7-10)19(16,17)15(3)8-12(14)9-18-4/h5-7,12H,8-9,14H2,1-4H3. The van der Waals surface area contributed by atoms with Gasteiger partial charge in [-0.05, 0) is 31.0 Å². The molecule has 0 bridgehead atoms. The molecule has 1 rings (SSSR count). The molecule has 108 valence electrons. The topological polar surface area (TPSA) is 72.6 Å². The van der Waals surface area contributed by atoms with E-state index in [1.54, 1.807) is 20.1 Å². The van der Waals surface area contributed by atoms with Crippen LogP contribution in [0.4, 0.5) is 0 Å². The molecule has 0 radical (unpaired) electrons. The molecule has 19 heavy (non-hydrogen) atoms. The van der Waals surface area contributed by atoms with Crippen LogP contribution < -0.4 is 5.73 Å². The normalized spacial score (nSPS) is 13.8. The molecule has 0 saturated heterocycles. The number of methoxy groups -OCH3 is 1. The fourth-order valence-electron chi connectivity index (χ4n) is 1.85. The highest BCUT2D eigenvalue weighted by Crippen LogP contribution is 2.20. The van der Waals surface area contributed by atoms with Gasteiger partial charge in [0.2, 0.25) is 10.0 Å². The van der Waals surface area contributed by atoms with Gasteiger partial charge in [0.05, 0.1) is 11.5 Å². The molecule has 1 aromatic rings. The summed E-state index contributed by atoms with van der Waals surface area (Å²) < 4.78 is 31.1. The monoisotopic (exact) mass is 286 g/mol. The fourth-order valence-corrected chi connectivity index (χ4v) is 3.38. The van der Waals surface area contributed by atoms with Gasteiger partial charge in [-0.25, -0.2) is 8.42 Å². The van der Waals surface area contributed by atoms with E-state index < -0.39 is 10.0 Å². The van der Waals surface area contributed by atoms with Crippen LogP contribution in [0.25, 0.3) is 0 Å². The van der Waals surface area contributed by atoms with Crippen molar-refractivity contribution in [2.75, 3.05) is 27.3 Å². The first-order valence-corrected chi connectivity index (χ1v) is 7.51. The lowest BCUT2D eigenvalue weighted by Gasteiger charge is -2.22. The van der Waals surface area contributed by atoms with Gasteiger partial charge in [-0.2, -0.15) is 4.31 Å². The molecule has 0 heterocycles. The zero-order valence-corrected chi connectivity index (χ0v) is 12.7. The predicted molar refractivity (Wildman–Crippen MR) is 75.6 cm³/mol. The average Bonchev–Trinajstić information content (AvgIpc) is 2.32. The number of hydrogen-bond donors (Lipinski definition) is 1. The van der Waals surface area contributed by atoms with Crippen molar-refractivity contribution in [3.05, 3.63) is 29.3 Å². The van der Waals surface area contributed by atoms with Crippen molar-refractivity contribution in [2.24, 2.45) is 5.73 Å². The zero-order valence-electron chi connectivity index (χ0n) is 11.9. The van der Waals surface area contributed by atoms with Crippen molar-refractivity contribution in [1.29, 1.82) is 0 Å². The molecule has 0 saturated carbocycles. The molecule has 0 spiro atoms. The summed E-state index contributed by atoms with van der Waals surface area (Å²) in [6.45, 7) is 4.21. The van der Waals surface area contributed by atoms with Gasteiger partial charge in [-0.15, -0.1) is 0 Å². The maximum atomic E-state index is 12.5. The second kappa shape index (κ2) is 6.47. The average molecular weight is 286 g/mol. The molecule has 0 aromatic heterocycles. The summed E-state index contributed by atoms with van der Waals surface area (Å²) in [6, 6.07) is 5.05. The zero-order chi connectivity index (χ0) is 14.6. The van der Waals surface area contributed by atoms with E-state index in [9.17, 15) is 8.42 Å². The Morgan fingerprint density at radius 1 is 1.37 bits per heavy atom. The van der Waals surface area contributed by atoms with Gasteiger partial charge in [-0.1, -0.05) is 12.1 Å². The Bertz CT molecular complexity index is 529. The number of nitrogens with zero attached hydrogens (tertiary/aromatic N) is 1. The van der Waals surface area contributed by atoms with Crippen LogP contribution in [-0.2, 0) is 14.8 Å². The predicted octanol–water partition coefficient (Wildman–Crippen LogP) is 0.898. The Morgan fingerprint density at radius 2 is 2.00 bits per heavy atom. The smallest absolute Gasteiger partial charge is 0.243 e. The van der Waals surface area contributed by atoms with Crippen molar-refractivity contribution in [3.8, 4) is 0 Å². The van der Waals surface area contributed by atoms with Gasteiger partial charge in [-0.3, -0.25) is 0 Å². The third-order valence-electron chi connectivity index (χ3n) is 2.90. The van der Waals surface area contributed by atoms with Crippen molar-refractivity contribution in [1.82, 2.24) is 4.31 Å². The lowest BCUT2D eigenvalue weighted by molar-refractivity contribution is 0.173. The number of benzene rings is 1. The van der Waals surface area contributed by atoms with Crippen LogP contribution in [0.15, 0.2) is 23.1 Å². The summed E-state index contributed by atoms with van der Waals surface area (Å²) in [6.07, 6.45) is 0. The Kier molecular flexibility index (Phi) is 5.49. The molecular weight excluding hydrogens is 264 g/mol. The number of rotatable bonds is 6. The summed E-state index contributed by atoms with van der Waals surface area (Å²) in [5.74, 6) is 0. The molecule has 0 amide bonds. The van der Waals surface area contributed by atoms with E-state index in [1.165, 1.54) is 11.4 Å². The van der Waals surface area contributed by atoms with Gasteiger partial charge in [0.15, 0.2) is 0 Å². The van der Waals surface area contributed by atoms with Crippen LogP contribution in [0.3, 0.4) is 0 Å². The van der Waals surface area contributed by atoms with Crippen LogP contribution >= 0.6 is 0 Å². The number of hydrogen-bond acceptors (Lipinski definition) is 4. The van der Waals surface area contributed by atoms with Crippen LogP contribution in [-0.4, -0.2) is 46.1 Å². The highest BCUT2D eigenvalue weighted by atomic mass is 32.2. The Labute approximate surface area is 115 Å². The molecule has 1 aromatic carbocycles. The molecule has 0 fully saturated rings. The van der Waals surface area contributed by atoms with Gasteiger partial charge >= 0.3 is 0 Å². The summed E-state index contributed by atoms with van der Waals surface area (Å²) in [4.78, 5) is 0.333. The van der Waals surface area contributed by atoms with Crippen LogP contribution in [0.2, 0.25) is 0 Å². The second-order valence-corrected chi connectivity index (χ2v) is 6.78. The minimum Gasteiger partial charge on any atom is -0.383 e. The fraction of sp³-hybridized carbons (Fsp3) is 0.538. The first kappa shape index (κ1) is 16.1. The highest BCUT2D eigenvalue weighted by molar-refractivity contribution is 7.89. The van der Waals surface area contributed by atoms with Crippen molar-refractivity contribution in [3.63, 3.8) is 0 Å². The molecule has 0 aliphatic carbocycles.